The highest BCUT2D eigenvalue weighted by Crippen LogP contribution is 2.17. The van der Waals surface area contributed by atoms with Crippen LogP contribution in [0.5, 0.6) is 0 Å². The first-order chi connectivity index (χ1) is 19.0. The Morgan fingerprint density at radius 1 is 0.854 bits per heavy atom. The summed E-state index contributed by atoms with van der Waals surface area (Å²) in [5.74, 6) is -1.20. The van der Waals surface area contributed by atoms with E-state index in [9.17, 15) is 22.8 Å². The molecule has 244 valence electrons. The highest BCUT2D eigenvalue weighted by molar-refractivity contribution is 7.85. The van der Waals surface area contributed by atoms with E-state index >= 15 is 0 Å². The Balaban J connectivity index is 0. The van der Waals surface area contributed by atoms with Gasteiger partial charge in [0, 0.05) is 38.3 Å². The summed E-state index contributed by atoms with van der Waals surface area (Å²) in [4.78, 5) is 34.7. The van der Waals surface area contributed by atoms with Crippen molar-refractivity contribution in [3.63, 3.8) is 0 Å². The van der Waals surface area contributed by atoms with Gasteiger partial charge in [0.2, 0.25) is 5.91 Å². The minimum Gasteiger partial charge on any atom is -0.464 e. The molecule has 41 heavy (non-hydrogen) atoms. The average molecular weight is 630 g/mol. The first-order valence-corrected chi connectivity index (χ1v) is 17.9. The van der Waals surface area contributed by atoms with Crippen LogP contribution in [0.1, 0.15) is 81.6 Å². The lowest BCUT2D eigenvalue weighted by atomic mass is 10.0. The lowest BCUT2D eigenvalue weighted by molar-refractivity contribution is -0.147. The summed E-state index contributed by atoms with van der Waals surface area (Å²) in [5, 5.41) is 8.01. The van der Waals surface area contributed by atoms with Crippen molar-refractivity contribution in [2.24, 2.45) is 11.8 Å². The van der Waals surface area contributed by atoms with E-state index in [0.29, 0.717) is 45.3 Å². The molecule has 0 aliphatic rings. The van der Waals surface area contributed by atoms with Crippen LogP contribution < -0.4 is 16.0 Å². The number of hydrogen-bond donors (Lipinski definition) is 4. The second-order valence-corrected chi connectivity index (χ2v) is 14.3. The molecule has 2 unspecified atom stereocenters. The summed E-state index contributed by atoms with van der Waals surface area (Å²) in [5.41, 5.74) is -0.950. The van der Waals surface area contributed by atoms with E-state index in [1.54, 1.807) is 20.8 Å². The van der Waals surface area contributed by atoms with Gasteiger partial charge < -0.3 is 34.0 Å². The molecule has 0 heterocycles. The van der Waals surface area contributed by atoms with Crippen LogP contribution in [0.15, 0.2) is 0 Å². The molecule has 3 amide bonds. The predicted octanol–water partition coefficient (Wildman–Crippen LogP) is 3.13. The number of ether oxygens (including phenoxy) is 1. The Labute approximate surface area is 248 Å². The van der Waals surface area contributed by atoms with Crippen molar-refractivity contribution < 1.29 is 45.4 Å². The van der Waals surface area contributed by atoms with Crippen LogP contribution >= 0.6 is 0 Å². The topological polar surface area (TPSA) is 179 Å². The molecule has 0 aliphatic carbocycles. The van der Waals surface area contributed by atoms with Crippen molar-refractivity contribution in [1.82, 2.24) is 16.0 Å². The molecular formula is C26H55N3O10SSi. The van der Waals surface area contributed by atoms with Crippen LogP contribution in [0, 0.1) is 11.8 Å². The minimum absolute atomic E-state index is 0.116. The Morgan fingerprint density at radius 2 is 1.34 bits per heavy atom. The van der Waals surface area contributed by atoms with Crippen molar-refractivity contribution in [3.8, 4) is 0 Å². The Hall–Kier alpha value is -1.78. The second kappa shape index (κ2) is 21.9. The van der Waals surface area contributed by atoms with E-state index in [0.717, 1.165) is 6.42 Å². The van der Waals surface area contributed by atoms with Crippen LogP contribution in [0.4, 0.5) is 4.79 Å². The molecule has 0 saturated heterocycles. The molecule has 0 aliphatic heterocycles. The maximum absolute atomic E-state index is 11.7. The van der Waals surface area contributed by atoms with E-state index in [1.807, 2.05) is 41.5 Å². The molecule has 13 nitrogen and oxygen atoms in total. The number of amides is 3. The molecule has 0 aromatic carbocycles. The van der Waals surface area contributed by atoms with E-state index in [2.05, 4.69) is 16.0 Å². The molecular weight excluding hydrogens is 574 g/mol. The summed E-state index contributed by atoms with van der Waals surface area (Å²) in [7, 11) is -6.73. The molecule has 0 spiro atoms. The van der Waals surface area contributed by atoms with Gasteiger partial charge in [0.15, 0.2) is 0 Å². The molecule has 0 rings (SSSR count). The number of carbonyl (C=O) groups is 3. The fraction of sp³-hybridized carbons (Fsp3) is 0.885. The summed E-state index contributed by atoms with van der Waals surface area (Å²) >= 11 is 0. The number of nitrogens with one attached hydrogen (secondary N) is 3. The second-order valence-electron chi connectivity index (χ2n) is 10.2. The fourth-order valence-corrected chi connectivity index (χ4v) is 6.93. The smallest absolute Gasteiger partial charge is 0.464 e. The van der Waals surface area contributed by atoms with Gasteiger partial charge >= 0.3 is 20.8 Å². The average Bonchev–Trinajstić information content (AvgIpc) is 2.87. The molecule has 0 bridgehead atoms. The van der Waals surface area contributed by atoms with Gasteiger partial charge in [-0.15, -0.1) is 0 Å². The molecule has 0 radical (unpaired) electrons. The maximum Gasteiger partial charge on any atom is 0.500 e. The third-order valence-electron chi connectivity index (χ3n) is 5.75. The normalized spacial score (nSPS) is 13.3. The van der Waals surface area contributed by atoms with Crippen LogP contribution in [-0.4, -0.2) is 90.5 Å². The molecule has 2 atom stereocenters. The van der Waals surface area contributed by atoms with Crippen molar-refractivity contribution in [3.05, 3.63) is 0 Å². The zero-order chi connectivity index (χ0) is 32.1. The number of urea groups is 1. The lowest BCUT2D eigenvalue weighted by Crippen LogP contribution is -2.49. The van der Waals surface area contributed by atoms with Crippen molar-refractivity contribution in [1.29, 1.82) is 0 Å². The monoisotopic (exact) mass is 629 g/mol. The number of hydrogen-bond acceptors (Lipinski definition) is 9. The third-order valence-corrected chi connectivity index (χ3v) is 9.99. The van der Waals surface area contributed by atoms with Gasteiger partial charge in [-0.2, -0.15) is 8.42 Å². The minimum atomic E-state index is -4.07. The van der Waals surface area contributed by atoms with Crippen LogP contribution in [-0.2, 0) is 37.7 Å². The number of carbonyl (C=O) groups excluding carboxylic acids is 3. The number of rotatable bonds is 20. The van der Waals surface area contributed by atoms with E-state index < -0.39 is 30.2 Å². The highest BCUT2D eigenvalue weighted by atomic mass is 32.2. The van der Waals surface area contributed by atoms with Gasteiger partial charge in [0.05, 0.1) is 23.8 Å². The molecule has 4 N–H and O–H groups in total. The maximum atomic E-state index is 11.7. The summed E-state index contributed by atoms with van der Waals surface area (Å²) in [6, 6.07) is 0.357. The molecule has 0 aromatic heterocycles. The highest BCUT2D eigenvalue weighted by Gasteiger charge is 2.39. The largest absolute Gasteiger partial charge is 0.500 e. The predicted molar refractivity (Wildman–Crippen MR) is 160 cm³/mol. The zero-order valence-electron chi connectivity index (χ0n) is 26.5. The SMILES string of the molecule is CCC(C)C(=O)NC(C)(C)CS(=O)(=O)O.CCO[Si](CCCNC(=O)NCCOC(=O)C(C)CC)(OCC)OCC. The van der Waals surface area contributed by atoms with Gasteiger partial charge in [-0.05, 0) is 53.9 Å². The summed E-state index contributed by atoms with van der Waals surface area (Å²) in [6.45, 7) is 18.8. The Morgan fingerprint density at radius 3 is 1.78 bits per heavy atom. The Bertz CT molecular complexity index is 841. The molecule has 0 aromatic rings. The van der Waals surface area contributed by atoms with E-state index in [4.69, 9.17) is 22.6 Å². The van der Waals surface area contributed by atoms with Gasteiger partial charge in [-0.3, -0.25) is 14.1 Å². The fourth-order valence-electron chi connectivity index (χ4n) is 3.33. The first kappa shape index (κ1) is 41.4. The molecule has 0 saturated carbocycles. The first-order valence-electron chi connectivity index (χ1n) is 14.4. The Kier molecular flexibility index (Phi) is 22.0. The standard InChI is InChI=1S/C17H36N2O6Si.C9H19NO4S/c1-6-15(5)16(20)22-13-12-19-17(21)18-11-10-14-26(23-7-2,24-8-3)25-9-4;1-5-7(2)8(11)10-9(3,4)6-15(12,13)14/h15H,6-14H2,1-5H3,(H2,18,19,21);7H,5-6H2,1-4H3,(H,10,11)(H,12,13,14). The van der Waals surface area contributed by atoms with Gasteiger partial charge in [-0.25, -0.2) is 4.79 Å². The molecule has 0 fully saturated rings. The van der Waals surface area contributed by atoms with Crippen LogP contribution in [0.2, 0.25) is 6.04 Å². The summed E-state index contributed by atoms with van der Waals surface area (Å²) < 4.78 is 52.4. The van der Waals surface area contributed by atoms with E-state index in [1.165, 1.54) is 0 Å². The third kappa shape index (κ3) is 21.6. The molecule has 15 heteroatoms. The van der Waals surface area contributed by atoms with Gasteiger partial charge in [0.1, 0.15) is 6.61 Å². The van der Waals surface area contributed by atoms with Crippen molar-refractivity contribution in [2.45, 2.75) is 93.2 Å². The van der Waals surface area contributed by atoms with E-state index in [-0.39, 0.29) is 42.9 Å². The summed E-state index contributed by atoms with van der Waals surface area (Å²) in [6.07, 6.45) is 2.12. The number of esters is 1. The van der Waals surface area contributed by atoms with Gasteiger partial charge in [-0.1, -0.05) is 27.7 Å². The van der Waals surface area contributed by atoms with Crippen molar-refractivity contribution >= 4 is 36.8 Å². The van der Waals surface area contributed by atoms with Crippen molar-refractivity contribution in [2.75, 3.05) is 45.3 Å². The zero-order valence-corrected chi connectivity index (χ0v) is 28.3. The van der Waals surface area contributed by atoms with Crippen LogP contribution in [0.25, 0.3) is 0 Å². The lowest BCUT2D eigenvalue weighted by Gasteiger charge is -2.28. The van der Waals surface area contributed by atoms with Crippen LogP contribution in [0.3, 0.4) is 0 Å². The quantitative estimate of drug-likeness (QED) is 0.0677. The van der Waals surface area contributed by atoms with Gasteiger partial charge in [0.25, 0.3) is 10.1 Å².